The van der Waals surface area contributed by atoms with Crippen molar-refractivity contribution in [1.82, 2.24) is 10.2 Å². The van der Waals surface area contributed by atoms with Crippen molar-refractivity contribution in [2.75, 3.05) is 37.6 Å². The maximum atomic E-state index is 12.9. The van der Waals surface area contributed by atoms with Crippen LogP contribution in [-0.2, 0) is 11.0 Å². The monoisotopic (exact) mass is 428 g/mol. The summed E-state index contributed by atoms with van der Waals surface area (Å²) in [4.78, 5) is 26.5. The fourth-order valence-electron chi connectivity index (χ4n) is 4.13. The first-order valence-electron chi connectivity index (χ1n) is 10.4. The van der Waals surface area contributed by atoms with E-state index in [1.54, 1.807) is 4.90 Å². The van der Waals surface area contributed by atoms with E-state index < -0.39 is 22.4 Å². The molecule has 1 aliphatic heterocycles. The molecule has 1 saturated carbocycles. The molecular weight excluding hydrogens is 401 g/mol. The van der Waals surface area contributed by atoms with Gasteiger partial charge in [-0.15, -0.1) is 0 Å². The van der Waals surface area contributed by atoms with Crippen LogP contribution in [0.15, 0.2) is 18.2 Å². The summed E-state index contributed by atoms with van der Waals surface area (Å²) in [5.41, 5.74) is -1.37. The minimum Gasteiger partial charge on any atom is -0.363 e. The van der Waals surface area contributed by atoms with Crippen molar-refractivity contribution in [3.05, 3.63) is 33.9 Å². The molecule has 0 unspecified atom stereocenters. The number of amides is 1. The summed E-state index contributed by atoms with van der Waals surface area (Å²) in [6.45, 7) is 2.69. The third-order valence-electron chi connectivity index (χ3n) is 5.84. The van der Waals surface area contributed by atoms with Gasteiger partial charge in [0, 0.05) is 51.3 Å². The van der Waals surface area contributed by atoms with E-state index in [1.807, 2.05) is 0 Å². The maximum absolute atomic E-state index is 12.9. The number of rotatable bonds is 6. The van der Waals surface area contributed by atoms with E-state index in [0.717, 1.165) is 31.7 Å². The van der Waals surface area contributed by atoms with E-state index in [4.69, 9.17) is 0 Å². The standard InChI is InChI=1S/C20H27F3N4O3/c21-20(22,23)15-6-7-17(18(14-15)27(29)30)26-12-10-25(11-13-26)9-8-19(28)24-16-4-2-1-3-5-16/h6-7,14,16H,1-5,8-13H2,(H,24,28). The zero-order valence-electron chi connectivity index (χ0n) is 16.8. The minimum atomic E-state index is -4.62. The molecule has 7 nitrogen and oxygen atoms in total. The Morgan fingerprint density at radius 3 is 2.40 bits per heavy atom. The third kappa shape index (κ3) is 5.84. The normalized spacial score (nSPS) is 19.0. The number of nitro benzene ring substituents is 1. The number of piperazine rings is 1. The summed E-state index contributed by atoms with van der Waals surface area (Å²) >= 11 is 0. The van der Waals surface area contributed by atoms with Crippen molar-refractivity contribution in [1.29, 1.82) is 0 Å². The number of carbonyl (C=O) groups excluding carboxylic acids is 1. The van der Waals surface area contributed by atoms with Crippen molar-refractivity contribution in [2.45, 2.75) is 50.7 Å². The highest BCUT2D eigenvalue weighted by atomic mass is 19.4. The molecule has 3 rings (SSSR count). The average Bonchev–Trinajstić information content (AvgIpc) is 2.72. The van der Waals surface area contributed by atoms with Crippen LogP contribution < -0.4 is 10.2 Å². The lowest BCUT2D eigenvalue weighted by Crippen LogP contribution is -2.47. The summed E-state index contributed by atoms with van der Waals surface area (Å²) in [7, 11) is 0. The lowest BCUT2D eigenvalue weighted by atomic mass is 9.95. The molecule has 1 heterocycles. The Morgan fingerprint density at radius 1 is 1.13 bits per heavy atom. The highest BCUT2D eigenvalue weighted by Gasteiger charge is 2.34. The van der Waals surface area contributed by atoms with Gasteiger partial charge in [-0.1, -0.05) is 19.3 Å². The molecule has 0 spiro atoms. The van der Waals surface area contributed by atoms with Crippen molar-refractivity contribution >= 4 is 17.3 Å². The molecule has 1 amide bonds. The highest BCUT2D eigenvalue weighted by molar-refractivity contribution is 5.76. The molecule has 30 heavy (non-hydrogen) atoms. The molecule has 1 aliphatic carbocycles. The average molecular weight is 428 g/mol. The molecule has 0 aromatic heterocycles. The van der Waals surface area contributed by atoms with Crippen LogP contribution in [0.2, 0.25) is 0 Å². The fraction of sp³-hybridized carbons (Fsp3) is 0.650. The van der Waals surface area contributed by atoms with Crippen molar-refractivity contribution in [2.24, 2.45) is 0 Å². The Kier molecular flexibility index (Phi) is 7.17. The van der Waals surface area contributed by atoms with Gasteiger partial charge in [0.25, 0.3) is 5.69 Å². The van der Waals surface area contributed by atoms with Crippen LogP contribution in [0.1, 0.15) is 44.1 Å². The highest BCUT2D eigenvalue weighted by Crippen LogP contribution is 2.36. The molecule has 0 radical (unpaired) electrons. The molecule has 1 aromatic rings. The van der Waals surface area contributed by atoms with Gasteiger partial charge >= 0.3 is 6.18 Å². The first kappa shape index (κ1) is 22.3. The van der Waals surface area contributed by atoms with Crippen LogP contribution in [-0.4, -0.2) is 54.5 Å². The molecule has 10 heteroatoms. The van der Waals surface area contributed by atoms with E-state index >= 15 is 0 Å². The summed E-state index contributed by atoms with van der Waals surface area (Å²) in [5, 5.41) is 14.4. The zero-order valence-corrected chi connectivity index (χ0v) is 16.8. The predicted octanol–water partition coefficient (Wildman–Crippen LogP) is 3.57. The molecule has 166 valence electrons. The zero-order chi connectivity index (χ0) is 21.7. The Hall–Kier alpha value is -2.36. The van der Waals surface area contributed by atoms with Crippen molar-refractivity contribution in [3.8, 4) is 0 Å². The smallest absolute Gasteiger partial charge is 0.363 e. The van der Waals surface area contributed by atoms with E-state index in [0.29, 0.717) is 45.2 Å². The van der Waals surface area contributed by atoms with Gasteiger partial charge in [0.2, 0.25) is 5.91 Å². The van der Waals surface area contributed by atoms with Gasteiger partial charge < -0.3 is 10.2 Å². The van der Waals surface area contributed by atoms with Crippen molar-refractivity contribution < 1.29 is 22.9 Å². The van der Waals surface area contributed by atoms with Crippen LogP contribution in [0, 0.1) is 10.1 Å². The first-order chi connectivity index (χ1) is 14.2. The number of benzene rings is 1. The van der Waals surface area contributed by atoms with Crippen molar-refractivity contribution in [3.63, 3.8) is 0 Å². The number of nitrogens with zero attached hydrogens (tertiary/aromatic N) is 3. The number of halogens is 3. The topological polar surface area (TPSA) is 78.7 Å². The Labute approximate surface area is 173 Å². The van der Waals surface area contributed by atoms with Gasteiger partial charge in [-0.05, 0) is 25.0 Å². The molecule has 1 saturated heterocycles. The van der Waals surface area contributed by atoms with Gasteiger partial charge in [-0.25, -0.2) is 0 Å². The largest absolute Gasteiger partial charge is 0.416 e. The van der Waals surface area contributed by atoms with Gasteiger partial charge in [-0.3, -0.25) is 19.8 Å². The predicted molar refractivity (Wildman–Crippen MR) is 106 cm³/mol. The second kappa shape index (κ2) is 9.63. The van der Waals surface area contributed by atoms with Gasteiger partial charge in [0.05, 0.1) is 10.5 Å². The van der Waals surface area contributed by atoms with Gasteiger partial charge in [0.1, 0.15) is 5.69 Å². The fourth-order valence-corrected chi connectivity index (χ4v) is 4.13. The number of alkyl halides is 3. The van der Waals surface area contributed by atoms with Crippen LogP contribution >= 0.6 is 0 Å². The lowest BCUT2D eigenvalue weighted by molar-refractivity contribution is -0.384. The minimum absolute atomic E-state index is 0.0442. The third-order valence-corrected chi connectivity index (χ3v) is 5.84. The quantitative estimate of drug-likeness (QED) is 0.554. The summed E-state index contributed by atoms with van der Waals surface area (Å²) in [6.07, 6.45) is 1.39. The molecule has 0 atom stereocenters. The second-order valence-corrected chi connectivity index (χ2v) is 7.94. The van der Waals surface area contributed by atoms with E-state index in [1.165, 1.54) is 12.5 Å². The number of anilines is 1. The number of nitrogens with one attached hydrogen (secondary N) is 1. The molecule has 1 N–H and O–H groups in total. The molecule has 2 aliphatic rings. The van der Waals surface area contributed by atoms with Crippen LogP contribution in [0.3, 0.4) is 0 Å². The van der Waals surface area contributed by atoms with E-state index in [9.17, 15) is 28.1 Å². The van der Waals surface area contributed by atoms with Gasteiger partial charge in [0.15, 0.2) is 0 Å². The van der Waals surface area contributed by atoms with Gasteiger partial charge in [-0.2, -0.15) is 13.2 Å². The summed E-state index contributed by atoms with van der Waals surface area (Å²) < 4.78 is 38.6. The Balaban J connectivity index is 1.51. The molecular formula is C20H27F3N4O3. The van der Waals surface area contributed by atoms with E-state index in [2.05, 4.69) is 10.2 Å². The van der Waals surface area contributed by atoms with E-state index in [-0.39, 0.29) is 17.6 Å². The number of nitro groups is 1. The summed E-state index contributed by atoms with van der Waals surface area (Å²) in [6, 6.07) is 2.93. The SMILES string of the molecule is O=C(CCN1CCN(c2ccc(C(F)(F)F)cc2[N+](=O)[O-])CC1)NC1CCCCC1. The van der Waals surface area contributed by atoms with Crippen LogP contribution in [0.25, 0.3) is 0 Å². The number of hydrogen-bond acceptors (Lipinski definition) is 5. The lowest BCUT2D eigenvalue weighted by Gasteiger charge is -2.35. The molecule has 0 bridgehead atoms. The maximum Gasteiger partial charge on any atom is 0.416 e. The van der Waals surface area contributed by atoms with Crippen LogP contribution in [0.5, 0.6) is 0 Å². The number of carbonyl (C=O) groups is 1. The first-order valence-corrected chi connectivity index (χ1v) is 10.4. The summed E-state index contributed by atoms with van der Waals surface area (Å²) in [5.74, 6) is 0.0442. The van der Waals surface area contributed by atoms with Crippen LogP contribution in [0.4, 0.5) is 24.5 Å². The Bertz CT molecular complexity index is 758. The molecule has 2 fully saturated rings. The number of hydrogen-bond donors (Lipinski definition) is 1. The Morgan fingerprint density at radius 2 is 1.80 bits per heavy atom. The molecule has 1 aromatic carbocycles. The second-order valence-electron chi connectivity index (χ2n) is 7.94.